The molecule has 0 radical (unpaired) electrons. The number of nitrogens with one attached hydrogen (secondary N) is 1. The maximum Gasteiger partial charge on any atom is 0.422 e. The number of nitrogens with zero attached hydrogens (tertiary/aromatic N) is 3. The van der Waals surface area contributed by atoms with Gasteiger partial charge in [-0.1, -0.05) is 12.1 Å². The van der Waals surface area contributed by atoms with Crippen molar-refractivity contribution in [3.05, 3.63) is 66.1 Å². The Hall–Kier alpha value is -3.56. The van der Waals surface area contributed by atoms with E-state index in [0.717, 1.165) is 11.1 Å². The van der Waals surface area contributed by atoms with Crippen molar-refractivity contribution in [3.8, 4) is 17.3 Å². The lowest BCUT2D eigenvalue weighted by molar-refractivity contribution is -0.153. The lowest BCUT2D eigenvalue weighted by Gasteiger charge is -2.13. The molecule has 31 heavy (non-hydrogen) atoms. The van der Waals surface area contributed by atoms with Crippen molar-refractivity contribution in [2.75, 3.05) is 13.7 Å². The van der Waals surface area contributed by atoms with Crippen molar-refractivity contribution in [2.24, 2.45) is 0 Å². The summed E-state index contributed by atoms with van der Waals surface area (Å²) in [6.45, 7) is -1.07. The highest BCUT2D eigenvalue weighted by atomic mass is 19.4. The Bertz CT molecular complexity index is 990. The van der Waals surface area contributed by atoms with E-state index in [2.05, 4.69) is 15.4 Å². The van der Waals surface area contributed by atoms with Crippen LogP contribution in [0.4, 0.5) is 13.2 Å². The van der Waals surface area contributed by atoms with Crippen molar-refractivity contribution in [3.63, 3.8) is 0 Å². The Kier molecular flexibility index (Phi) is 7.11. The van der Waals surface area contributed by atoms with Gasteiger partial charge in [0.25, 0.3) is 0 Å². The van der Waals surface area contributed by atoms with E-state index < -0.39 is 12.8 Å². The molecule has 1 aromatic carbocycles. The molecule has 1 N–H and O–H groups in total. The second-order valence-corrected chi connectivity index (χ2v) is 6.64. The second-order valence-electron chi connectivity index (χ2n) is 6.64. The third-order valence-electron chi connectivity index (χ3n) is 4.30. The first-order valence-electron chi connectivity index (χ1n) is 9.42. The summed E-state index contributed by atoms with van der Waals surface area (Å²) in [7, 11) is 1.35. The van der Waals surface area contributed by atoms with Gasteiger partial charge in [0.15, 0.2) is 23.9 Å². The van der Waals surface area contributed by atoms with E-state index in [1.54, 1.807) is 41.5 Å². The van der Waals surface area contributed by atoms with Gasteiger partial charge < -0.3 is 14.8 Å². The predicted octanol–water partition coefficient (Wildman–Crippen LogP) is 3.47. The molecule has 3 rings (SSSR count). The van der Waals surface area contributed by atoms with Gasteiger partial charge in [-0.15, -0.1) is 0 Å². The highest BCUT2D eigenvalue weighted by Crippen LogP contribution is 2.30. The number of amides is 1. The highest BCUT2D eigenvalue weighted by molar-refractivity contribution is 5.76. The number of aromatic nitrogens is 3. The molecule has 0 fully saturated rings. The van der Waals surface area contributed by atoms with Crippen molar-refractivity contribution in [1.29, 1.82) is 0 Å². The third-order valence-corrected chi connectivity index (χ3v) is 4.30. The number of aryl methyl sites for hydroxylation is 1. The molecule has 3 aromatic rings. The van der Waals surface area contributed by atoms with E-state index in [1.807, 2.05) is 12.1 Å². The second kappa shape index (κ2) is 9.96. The van der Waals surface area contributed by atoms with Gasteiger partial charge in [0.1, 0.15) is 0 Å². The SMILES string of the molecule is COc1cc(CCC(=O)NCc2ccc(-n3cccn3)nc2)ccc1OCC(F)(F)F. The van der Waals surface area contributed by atoms with Crippen molar-refractivity contribution in [2.45, 2.75) is 25.6 Å². The number of alkyl halides is 3. The summed E-state index contributed by atoms with van der Waals surface area (Å²) in [5.74, 6) is 0.703. The van der Waals surface area contributed by atoms with Gasteiger partial charge in [-0.2, -0.15) is 18.3 Å². The molecule has 10 heteroatoms. The fourth-order valence-electron chi connectivity index (χ4n) is 2.75. The first-order chi connectivity index (χ1) is 14.8. The van der Waals surface area contributed by atoms with Crippen LogP contribution in [-0.4, -0.2) is 40.6 Å². The van der Waals surface area contributed by atoms with Gasteiger partial charge in [0.2, 0.25) is 5.91 Å². The summed E-state index contributed by atoms with van der Waals surface area (Å²) in [5, 5.41) is 6.92. The minimum Gasteiger partial charge on any atom is -0.493 e. The van der Waals surface area contributed by atoms with E-state index in [1.165, 1.54) is 13.2 Å². The average molecular weight is 434 g/mol. The van der Waals surface area contributed by atoms with Crippen molar-refractivity contribution in [1.82, 2.24) is 20.1 Å². The molecule has 164 valence electrons. The largest absolute Gasteiger partial charge is 0.493 e. The lowest BCUT2D eigenvalue weighted by Crippen LogP contribution is -2.23. The number of methoxy groups -OCH3 is 1. The molecule has 0 aliphatic carbocycles. The summed E-state index contributed by atoms with van der Waals surface area (Å²) < 4.78 is 48.5. The molecule has 0 bridgehead atoms. The standard InChI is InChI=1S/C21H21F3N4O3/c1-30-18-11-15(3-6-17(18)31-14-21(22,23)24)5-8-20(29)26-13-16-4-7-19(25-12-16)28-10-2-9-27-28/h2-4,6-7,9-12H,5,8,13-14H2,1H3,(H,26,29). The number of benzene rings is 1. The Morgan fingerprint density at radius 3 is 2.61 bits per heavy atom. The van der Waals surface area contributed by atoms with Crippen LogP contribution in [0.3, 0.4) is 0 Å². The van der Waals surface area contributed by atoms with Crippen LogP contribution in [0, 0.1) is 0 Å². The molecule has 0 atom stereocenters. The number of carbonyl (C=O) groups excluding carboxylic acids is 1. The third kappa shape index (κ3) is 6.73. The number of ether oxygens (including phenoxy) is 2. The van der Waals surface area contributed by atoms with Gasteiger partial charge >= 0.3 is 6.18 Å². The number of carbonyl (C=O) groups is 1. The molecule has 2 aromatic heterocycles. The summed E-state index contributed by atoms with van der Waals surface area (Å²) in [6, 6.07) is 10.0. The van der Waals surface area contributed by atoms with Crippen LogP contribution in [0.25, 0.3) is 5.82 Å². The number of halogens is 3. The Morgan fingerprint density at radius 1 is 1.16 bits per heavy atom. The number of hydrogen-bond acceptors (Lipinski definition) is 5. The first-order valence-corrected chi connectivity index (χ1v) is 9.42. The van der Waals surface area contributed by atoms with E-state index in [9.17, 15) is 18.0 Å². The molecule has 0 unspecified atom stereocenters. The highest BCUT2D eigenvalue weighted by Gasteiger charge is 2.29. The molecule has 1 amide bonds. The average Bonchev–Trinajstić information content (AvgIpc) is 3.29. The lowest BCUT2D eigenvalue weighted by atomic mass is 10.1. The Labute approximate surface area is 176 Å². The molecule has 7 nitrogen and oxygen atoms in total. The van der Waals surface area contributed by atoms with Gasteiger partial charge in [0.05, 0.1) is 7.11 Å². The Morgan fingerprint density at radius 2 is 1.97 bits per heavy atom. The van der Waals surface area contributed by atoms with Crippen LogP contribution in [-0.2, 0) is 17.8 Å². The minimum absolute atomic E-state index is 0.000847. The van der Waals surface area contributed by atoms with Crippen LogP contribution in [0.5, 0.6) is 11.5 Å². The van der Waals surface area contributed by atoms with Crippen molar-refractivity contribution >= 4 is 5.91 Å². The normalized spacial score (nSPS) is 11.2. The predicted molar refractivity (Wildman–Crippen MR) is 106 cm³/mol. The van der Waals surface area contributed by atoms with Gasteiger partial charge in [-0.3, -0.25) is 4.79 Å². The molecule has 0 aliphatic rings. The van der Waals surface area contributed by atoms with Gasteiger partial charge in [0, 0.05) is 31.6 Å². The van der Waals surface area contributed by atoms with E-state index in [-0.39, 0.29) is 23.8 Å². The molecule has 0 saturated carbocycles. The van der Waals surface area contributed by atoms with Crippen LogP contribution in [0.15, 0.2) is 55.0 Å². The minimum atomic E-state index is -4.43. The van der Waals surface area contributed by atoms with Crippen molar-refractivity contribution < 1.29 is 27.4 Å². The van der Waals surface area contributed by atoms with E-state index in [4.69, 9.17) is 9.47 Å². The zero-order valence-corrected chi connectivity index (χ0v) is 16.7. The number of hydrogen-bond donors (Lipinski definition) is 1. The quantitative estimate of drug-likeness (QED) is 0.558. The van der Waals surface area contributed by atoms with Crippen LogP contribution in [0.2, 0.25) is 0 Å². The van der Waals surface area contributed by atoms with Crippen LogP contribution in [0.1, 0.15) is 17.5 Å². The fraction of sp³-hybridized carbons (Fsp3) is 0.286. The van der Waals surface area contributed by atoms with Crippen LogP contribution >= 0.6 is 0 Å². The monoisotopic (exact) mass is 434 g/mol. The molecule has 0 saturated heterocycles. The first kappa shape index (κ1) is 22.1. The molecular weight excluding hydrogens is 413 g/mol. The Balaban J connectivity index is 1.48. The molecule has 0 aliphatic heterocycles. The molecular formula is C21H21F3N4O3. The van der Waals surface area contributed by atoms with Crippen LogP contribution < -0.4 is 14.8 Å². The zero-order chi connectivity index (χ0) is 22.3. The van der Waals surface area contributed by atoms with Gasteiger partial charge in [-0.25, -0.2) is 9.67 Å². The zero-order valence-electron chi connectivity index (χ0n) is 16.7. The summed E-state index contributed by atoms with van der Waals surface area (Å²) in [5.41, 5.74) is 1.59. The summed E-state index contributed by atoms with van der Waals surface area (Å²) >= 11 is 0. The number of rotatable bonds is 9. The van der Waals surface area contributed by atoms with E-state index >= 15 is 0 Å². The van der Waals surface area contributed by atoms with E-state index in [0.29, 0.717) is 18.8 Å². The topological polar surface area (TPSA) is 78.3 Å². The van der Waals surface area contributed by atoms with Gasteiger partial charge in [-0.05, 0) is 41.8 Å². The number of pyridine rings is 1. The molecule has 0 spiro atoms. The maximum atomic E-state index is 12.3. The fourth-order valence-corrected chi connectivity index (χ4v) is 2.75. The summed E-state index contributed by atoms with van der Waals surface area (Å²) in [6.07, 6.45) is 1.30. The smallest absolute Gasteiger partial charge is 0.422 e. The summed E-state index contributed by atoms with van der Waals surface area (Å²) in [4.78, 5) is 16.5. The maximum absolute atomic E-state index is 12.3. The molecule has 2 heterocycles.